The molecule has 0 saturated carbocycles. The first kappa shape index (κ1) is 19.3. The van der Waals surface area contributed by atoms with Gasteiger partial charge in [-0.2, -0.15) is 0 Å². The van der Waals surface area contributed by atoms with Gasteiger partial charge in [0.05, 0.1) is 4.90 Å². The number of benzene rings is 2. The summed E-state index contributed by atoms with van der Waals surface area (Å²) in [5.41, 5.74) is 1.97. The largest absolute Gasteiger partial charge is 0.744 e. The molecule has 0 amide bonds. The Labute approximate surface area is 167 Å². The molecule has 0 aliphatic rings. The standard InChI is InChI=1S/C16H12I2O5S/c1-10-2-4-11(5-3-10)6-7-15(19)23-12-8-13(17)16(14(18)9-12)24(20,21)22/h2-9H,1H3,(H,20,21,22)/p-1/b7-6+. The summed E-state index contributed by atoms with van der Waals surface area (Å²) in [7, 11) is -4.58. The van der Waals surface area contributed by atoms with Gasteiger partial charge in [-0.05, 0) is 75.9 Å². The van der Waals surface area contributed by atoms with Crippen molar-refractivity contribution in [1.29, 1.82) is 0 Å². The first-order valence-electron chi connectivity index (χ1n) is 6.58. The smallest absolute Gasteiger partial charge is 0.336 e. The van der Waals surface area contributed by atoms with Crippen LogP contribution >= 0.6 is 45.2 Å². The summed E-state index contributed by atoms with van der Waals surface area (Å²) < 4.78 is 39.2. The van der Waals surface area contributed by atoms with Gasteiger partial charge in [0.25, 0.3) is 0 Å². The van der Waals surface area contributed by atoms with E-state index in [1.54, 1.807) is 51.3 Å². The van der Waals surface area contributed by atoms with E-state index in [0.717, 1.165) is 11.1 Å². The monoisotopic (exact) mass is 569 g/mol. The molecule has 0 aliphatic carbocycles. The summed E-state index contributed by atoms with van der Waals surface area (Å²) in [5.74, 6) is -0.422. The zero-order valence-corrected chi connectivity index (χ0v) is 17.5. The molecule has 0 saturated heterocycles. The lowest BCUT2D eigenvalue weighted by atomic mass is 10.1. The highest BCUT2D eigenvalue weighted by Gasteiger charge is 2.15. The number of halogens is 2. The number of rotatable bonds is 4. The summed E-state index contributed by atoms with van der Waals surface area (Å²) in [6.07, 6.45) is 2.90. The molecular weight excluding hydrogens is 558 g/mol. The summed E-state index contributed by atoms with van der Waals surface area (Å²) in [6, 6.07) is 10.3. The van der Waals surface area contributed by atoms with E-state index in [1.165, 1.54) is 18.2 Å². The highest BCUT2D eigenvalue weighted by molar-refractivity contribution is 14.1. The van der Waals surface area contributed by atoms with Crippen LogP contribution in [0.4, 0.5) is 0 Å². The van der Waals surface area contributed by atoms with E-state index < -0.39 is 16.1 Å². The fourth-order valence-corrected chi connectivity index (χ4v) is 5.75. The van der Waals surface area contributed by atoms with Crippen LogP contribution in [0.2, 0.25) is 0 Å². The minimum atomic E-state index is -4.58. The number of carbonyl (C=O) groups is 1. The molecule has 5 nitrogen and oxygen atoms in total. The molecule has 0 atom stereocenters. The molecule has 126 valence electrons. The Morgan fingerprint density at radius 1 is 1.12 bits per heavy atom. The molecule has 24 heavy (non-hydrogen) atoms. The Balaban J connectivity index is 2.16. The molecule has 0 radical (unpaired) electrons. The van der Waals surface area contributed by atoms with Crippen LogP contribution in [0.25, 0.3) is 6.08 Å². The SMILES string of the molecule is Cc1ccc(/C=C/C(=O)Oc2cc(I)c(S(=O)(=O)[O-])c(I)c2)cc1. The third-order valence-corrected chi connectivity index (χ3v) is 6.30. The fraction of sp³-hybridized carbons (Fsp3) is 0.0625. The van der Waals surface area contributed by atoms with Gasteiger partial charge in [-0.25, -0.2) is 13.2 Å². The molecule has 0 aromatic heterocycles. The number of esters is 1. The van der Waals surface area contributed by atoms with Crippen LogP contribution in [-0.4, -0.2) is 18.9 Å². The number of ether oxygens (including phenoxy) is 1. The fourth-order valence-electron chi connectivity index (χ4n) is 1.83. The normalized spacial score (nSPS) is 11.7. The second-order valence-electron chi connectivity index (χ2n) is 4.84. The molecule has 0 fully saturated rings. The van der Waals surface area contributed by atoms with Crippen molar-refractivity contribution >= 4 is 67.3 Å². The van der Waals surface area contributed by atoms with Gasteiger partial charge < -0.3 is 9.29 Å². The molecular formula is C16H11I2O5S-. The zero-order chi connectivity index (χ0) is 17.9. The molecule has 2 rings (SSSR count). The minimum Gasteiger partial charge on any atom is -0.744 e. The van der Waals surface area contributed by atoms with Crippen LogP contribution in [0.5, 0.6) is 5.75 Å². The Hall–Kier alpha value is -0.980. The maximum absolute atomic E-state index is 11.9. The van der Waals surface area contributed by atoms with Crippen LogP contribution < -0.4 is 4.74 Å². The summed E-state index contributed by atoms with van der Waals surface area (Å²) in [6.45, 7) is 1.97. The van der Waals surface area contributed by atoms with Gasteiger partial charge in [0.15, 0.2) is 0 Å². The van der Waals surface area contributed by atoms with Crippen molar-refractivity contribution in [3.63, 3.8) is 0 Å². The van der Waals surface area contributed by atoms with E-state index in [-0.39, 0.29) is 17.8 Å². The Bertz CT molecular complexity index is 880. The van der Waals surface area contributed by atoms with E-state index in [1.807, 2.05) is 31.2 Å². The Morgan fingerprint density at radius 3 is 2.17 bits per heavy atom. The van der Waals surface area contributed by atoms with Crippen molar-refractivity contribution in [2.24, 2.45) is 0 Å². The lowest BCUT2D eigenvalue weighted by Crippen LogP contribution is -2.08. The predicted molar refractivity (Wildman–Crippen MR) is 106 cm³/mol. The highest BCUT2D eigenvalue weighted by Crippen LogP contribution is 2.29. The van der Waals surface area contributed by atoms with Gasteiger partial charge in [-0.1, -0.05) is 29.8 Å². The molecule has 2 aromatic rings. The third-order valence-electron chi connectivity index (χ3n) is 2.93. The second kappa shape index (κ2) is 7.93. The van der Waals surface area contributed by atoms with Crippen LogP contribution in [-0.2, 0) is 14.9 Å². The van der Waals surface area contributed by atoms with Crippen LogP contribution in [0.3, 0.4) is 0 Å². The Kier molecular flexibility index (Phi) is 6.39. The zero-order valence-electron chi connectivity index (χ0n) is 12.3. The van der Waals surface area contributed by atoms with Crippen molar-refractivity contribution in [3.05, 3.63) is 60.7 Å². The van der Waals surface area contributed by atoms with E-state index >= 15 is 0 Å². The molecule has 8 heteroatoms. The topological polar surface area (TPSA) is 83.5 Å². The van der Waals surface area contributed by atoms with Gasteiger partial charge in [0.2, 0.25) is 0 Å². The molecule has 0 aliphatic heterocycles. The van der Waals surface area contributed by atoms with Crippen molar-refractivity contribution in [3.8, 4) is 5.75 Å². The number of aryl methyl sites for hydroxylation is 1. The van der Waals surface area contributed by atoms with Gasteiger partial charge in [0, 0.05) is 13.2 Å². The van der Waals surface area contributed by atoms with Crippen molar-refractivity contribution < 1.29 is 22.5 Å². The van der Waals surface area contributed by atoms with Gasteiger partial charge in [-0.15, -0.1) is 0 Å². The average Bonchev–Trinajstić information content (AvgIpc) is 2.44. The third kappa shape index (κ3) is 5.26. The van der Waals surface area contributed by atoms with Crippen LogP contribution in [0, 0.1) is 14.1 Å². The van der Waals surface area contributed by atoms with Gasteiger partial charge in [0.1, 0.15) is 15.9 Å². The summed E-state index contributed by atoms with van der Waals surface area (Å²) >= 11 is 3.45. The molecule has 0 unspecified atom stereocenters. The first-order valence-corrected chi connectivity index (χ1v) is 10.1. The molecule has 0 bridgehead atoms. The quantitative estimate of drug-likeness (QED) is 0.184. The Morgan fingerprint density at radius 2 is 1.67 bits per heavy atom. The lowest BCUT2D eigenvalue weighted by Gasteiger charge is -2.13. The molecule has 0 N–H and O–H groups in total. The number of hydrogen-bond donors (Lipinski definition) is 0. The molecule has 2 aromatic carbocycles. The van der Waals surface area contributed by atoms with E-state index in [9.17, 15) is 17.8 Å². The molecule has 0 heterocycles. The van der Waals surface area contributed by atoms with E-state index in [4.69, 9.17) is 4.74 Å². The summed E-state index contributed by atoms with van der Waals surface area (Å²) in [5, 5.41) is 0. The number of hydrogen-bond acceptors (Lipinski definition) is 5. The first-order chi connectivity index (χ1) is 11.2. The van der Waals surface area contributed by atoms with Gasteiger partial charge in [-0.3, -0.25) is 0 Å². The van der Waals surface area contributed by atoms with Gasteiger partial charge >= 0.3 is 5.97 Å². The number of carbonyl (C=O) groups excluding carboxylic acids is 1. The van der Waals surface area contributed by atoms with Crippen molar-refractivity contribution in [2.45, 2.75) is 11.8 Å². The van der Waals surface area contributed by atoms with Crippen molar-refractivity contribution in [1.82, 2.24) is 0 Å². The van der Waals surface area contributed by atoms with E-state index in [2.05, 4.69) is 0 Å². The average molecular weight is 569 g/mol. The maximum atomic E-state index is 11.9. The van der Waals surface area contributed by atoms with Crippen LogP contribution in [0.1, 0.15) is 11.1 Å². The minimum absolute atomic E-state index is 0.176. The summed E-state index contributed by atoms with van der Waals surface area (Å²) in [4.78, 5) is 11.6. The molecule has 0 spiro atoms. The van der Waals surface area contributed by atoms with Crippen molar-refractivity contribution in [2.75, 3.05) is 0 Å². The second-order valence-corrected chi connectivity index (χ2v) is 8.48. The van der Waals surface area contributed by atoms with E-state index in [0.29, 0.717) is 0 Å². The van der Waals surface area contributed by atoms with Crippen LogP contribution in [0.15, 0.2) is 47.4 Å². The predicted octanol–water partition coefficient (Wildman–Crippen LogP) is 3.73. The maximum Gasteiger partial charge on any atom is 0.336 e. The lowest BCUT2D eigenvalue weighted by molar-refractivity contribution is -0.128. The highest BCUT2D eigenvalue weighted by atomic mass is 127.